The van der Waals surface area contributed by atoms with Crippen molar-refractivity contribution in [2.45, 2.75) is 32.2 Å². The fraction of sp³-hybridized carbons (Fsp3) is 0.800. The fourth-order valence-corrected chi connectivity index (χ4v) is 2.74. The average molecular weight is 151 g/mol. The zero-order valence-corrected chi connectivity index (χ0v) is 7.65. The highest BCUT2D eigenvalue weighted by Crippen LogP contribution is 2.51. The molecular formula is C10H17N. The van der Waals surface area contributed by atoms with Gasteiger partial charge in [-0.05, 0) is 45.6 Å². The van der Waals surface area contributed by atoms with Gasteiger partial charge < -0.3 is 5.32 Å². The molecule has 1 saturated carbocycles. The lowest BCUT2D eigenvalue weighted by Gasteiger charge is -2.50. The van der Waals surface area contributed by atoms with E-state index in [1.54, 1.807) is 5.57 Å². The highest BCUT2D eigenvalue weighted by atomic mass is 15.0. The van der Waals surface area contributed by atoms with Gasteiger partial charge in [0.2, 0.25) is 0 Å². The first-order valence-electron chi connectivity index (χ1n) is 4.52. The van der Waals surface area contributed by atoms with Gasteiger partial charge in [0.1, 0.15) is 0 Å². The summed E-state index contributed by atoms with van der Waals surface area (Å²) in [6.07, 6.45) is 5.18. The van der Waals surface area contributed by atoms with E-state index in [0.717, 1.165) is 11.8 Å². The normalized spacial score (nSPS) is 48.1. The van der Waals surface area contributed by atoms with Crippen molar-refractivity contribution in [3.05, 3.63) is 11.6 Å². The molecule has 3 atom stereocenters. The summed E-state index contributed by atoms with van der Waals surface area (Å²) in [5.74, 6) is 1.79. The first-order chi connectivity index (χ1) is 5.15. The molecule has 0 radical (unpaired) electrons. The zero-order chi connectivity index (χ0) is 8.06. The Morgan fingerprint density at radius 3 is 2.91 bits per heavy atom. The van der Waals surface area contributed by atoms with E-state index in [9.17, 15) is 0 Å². The smallest absolute Gasteiger partial charge is 0.0218 e. The molecule has 1 nitrogen and oxygen atoms in total. The number of rotatable bonds is 1. The van der Waals surface area contributed by atoms with E-state index in [1.807, 2.05) is 0 Å². The summed E-state index contributed by atoms with van der Waals surface area (Å²) < 4.78 is 0. The maximum absolute atomic E-state index is 3.43. The number of allylic oxidation sites excluding steroid dienone is 1. The largest absolute Gasteiger partial charge is 0.314 e. The van der Waals surface area contributed by atoms with Gasteiger partial charge in [0.25, 0.3) is 0 Å². The standard InChI is InChI=1S/C10H17N/c1-7-4-8-6-10(2,11-3)9(8)5-7/h5,8-9,11H,4,6H2,1-3H3. The predicted octanol–water partition coefficient (Wildman–Crippen LogP) is 1.95. The SMILES string of the molecule is CNC1(C)CC2CC(C)=CC21. The van der Waals surface area contributed by atoms with Gasteiger partial charge in [0.15, 0.2) is 0 Å². The average Bonchev–Trinajstić information content (AvgIpc) is 2.27. The van der Waals surface area contributed by atoms with Crippen LogP contribution in [0.1, 0.15) is 26.7 Å². The van der Waals surface area contributed by atoms with Crippen LogP contribution in [0.25, 0.3) is 0 Å². The summed E-state index contributed by atoms with van der Waals surface area (Å²) in [6.45, 7) is 4.59. The molecule has 11 heavy (non-hydrogen) atoms. The first kappa shape index (κ1) is 7.35. The molecule has 2 aliphatic rings. The minimum Gasteiger partial charge on any atom is -0.314 e. The minimum absolute atomic E-state index is 0.419. The Hall–Kier alpha value is -0.300. The van der Waals surface area contributed by atoms with Gasteiger partial charge in [0, 0.05) is 5.54 Å². The Balaban J connectivity index is 2.14. The van der Waals surface area contributed by atoms with Gasteiger partial charge >= 0.3 is 0 Å². The lowest BCUT2D eigenvalue weighted by atomic mass is 9.61. The van der Waals surface area contributed by atoms with Gasteiger partial charge in [-0.1, -0.05) is 11.6 Å². The second kappa shape index (κ2) is 2.10. The van der Waals surface area contributed by atoms with Crippen molar-refractivity contribution in [3.63, 3.8) is 0 Å². The van der Waals surface area contributed by atoms with Crippen LogP contribution >= 0.6 is 0 Å². The van der Waals surface area contributed by atoms with Crippen LogP contribution in [0.5, 0.6) is 0 Å². The van der Waals surface area contributed by atoms with Crippen molar-refractivity contribution in [1.82, 2.24) is 5.32 Å². The quantitative estimate of drug-likeness (QED) is 0.565. The third-order valence-corrected chi connectivity index (χ3v) is 3.55. The summed E-state index contributed by atoms with van der Waals surface area (Å²) in [4.78, 5) is 0. The maximum Gasteiger partial charge on any atom is 0.0218 e. The molecule has 0 saturated heterocycles. The number of fused-ring (bicyclic) bond motifs is 1. The van der Waals surface area contributed by atoms with Crippen LogP contribution < -0.4 is 5.32 Å². The summed E-state index contributed by atoms with van der Waals surface area (Å²) >= 11 is 0. The van der Waals surface area contributed by atoms with Crippen LogP contribution in [0, 0.1) is 11.8 Å². The third kappa shape index (κ3) is 0.871. The van der Waals surface area contributed by atoms with Gasteiger partial charge in [-0.3, -0.25) is 0 Å². The van der Waals surface area contributed by atoms with E-state index >= 15 is 0 Å². The second-order valence-corrected chi connectivity index (χ2v) is 4.37. The summed E-state index contributed by atoms with van der Waals surface area (Å²) in [5.41, 5.74) is 2.02. The van der Waals surface area contributed by atoms with Gasteiger partial charge in [0.05, 0.1) is 0 Å². The van der Waals surface area contributed by atoms with Crippen LogP contribution in [-0.2, 0) is 0 Å². The molecule has 1 N–H and O–H groups in total. The molecule has 0 bridgehead atoms. The van der Waals surface area contributed by atoms with Gasteiger partial charge in [-0.2, -0.15) is 0 Å². The third-order valence-electron chi connectivity index (χ3n) is 3.55. The molecule has 1 fully saturated rings. The van der Waals surface area contributed by atoms with E-state index in [4.69, 9.17) is 0 Å². The van der Waals surface area contributed by atoms with Crippen LogP contribution in [0.3, 0.4) is 0 Å². The van der Waals surface area contributed by atoms with Crippen molar-refractivity contribution in [1.29, 1.82) is 0 Å². The van der Waals surface area contributed by atoms with Crippen molar-refractivity contribution in [3.8, 4) is 0 Å². The second-order valence-electron chi connectivity index (χ2n) is 4.37. The highest BCUT2D eigenvalue weighted by Gasteiger charge is 2.50. The lowest BCUT2D eigenvalue weighted by molar-refractivity contribution is 0.0749. The number of hydrogen-bond donors (Lipinski definition) is 1. The van der Waals surface area contributed by atoms with Crippen molar-refractivity contribution in [2.75, 3.05) is 7.05 Å². The molecule has 1 heteroatoms. The van der Waals surface area contributed by atoms with Crippen molar-refractivity contribution >= 4 is 0 Å². The predicted molar refractivity (Wildman–Crippen MR) is 47.4 cm³/mol. The molecule has 0 aliphatic heterocycles. The Morgan fingerprint density at radius 1 is 1.64 bits per heavy atom. The Bertz CT molecular complexity index is 207. The van der Waals surface area contributed by atoms with E-state index in [-0.39, 0.29) is 0 Å². The van der Waals surface area contributed by atoms with Crippen LogP contribution in [0.2, 0.25) is 0 Å². The molecule has 3 unspecified atom stereocenters. The summed E-state index contributed by atoms with van der Waals surface area (Å²) in [6, 6.07) is 0. The topological polar surface area (TPSA) is 12.0 Å². The van der Waals surface area contributed by atoms with Crippen molar-refractivity contribution < 1.29 is 0 Å². The molecule has 0 aromatic heterocycles. The number of hydrogen-bond acceptors (Lipinski definition) is 1. The fourth-order valence-electron chi connectivity index (χ4n) is 2.74. The van der Waals surface area contributed by atoms with Crippen LogP contribution in [-0.4, -0.2) is 12.6 Å². The Kier molecular flexibility index (Phi) is 1.40. The van der Waals surface area contributed by atoms with Crippen LogP contribution in [0.15, 0.2) is 11.6 Å². The molecule has 2 aliphatic carbocycles. The molecule has 0 aromatic carbocycles. The zero-order valence-electron chi connectivity index (χ0n) is 7.65. The lowest BCUT2D eigenvalue weighted by Crippen LogP contribution is -2.57. The maximum atomic E-state index is 3.43. The molecule has 0 amide bonds. The van der Waals surface area contributed by atoms with Crippen molar-refractivity contribution in [2.24, 2.45) is 11.8 Å². The molecule has 0 aromatic rings. The highest BCUT2D eigenvalue weighted by molar-refractivity contribution is 5.23. The number of nitrogens with one attached hydrogen (secondary N) is 1. The molecule has 0 heterocycles. The van der Waals surface area contributed by atoms with E-state index in [2.05, 4.69) is 32.3 Å². The summed E-state index contributed by atoms with van der Waals surface area (Å²) in [7, 11) is 2.08. The molecule has 0 spiro atoms. The van der Waals surface area contributed by atoms with E-state index in [1.165, 1.54) is 12.8 Å². The summed E-state index contributed by atoms with van der Waals surface area (Å²) in [5, 5.41) is 3.43. The Morgan fingerprint density at radius 2 is 2.36 bits per heavy atom. The monoisotopic (exact) mass is 151 g/mol. The Labute approximate surface area is 68.9 Å². The first-order valence-corrected chi connectivity index (χ1v) is 4.52. The van der Waals surface area contributed by atoms with Gasteiger partial charge in [-0.15, -0.1) is 0 Å². The molecular weight excluding hydrogens is 134 g/mol. The van der Waals surface area contributed by atoms with E-state index < -0.39 is 0 Å². The van der Waals surface area contributed by atoms with E-state index in [0.29, 0.717) is 5.54 Å². The van der Waals surface area contributed by atoms with Gasteiger partial charge in [-0.25, -0.2) is 0 Å². The molecule has 62 valence electrons. The van der Waals surface area contributed by atoms with Crippen LogP contribution in [0.4, 0.5) is 0 Å². The molecule has 2 rings (SSSR count). The minimum atomic E-state index is 0.419.